The van der Waals surface area contributed by atoms with E-state index in [-0.39, 0.29) is 11.3 Å². The zero-order valence-corrected chi connectivity index (χ0v) is 11.5. The first-order valence-electron chi connectivity index (χ1n) is 5.67. The number of benzene rings is 1. The molecule has 0 aliphatic heterocycles. The number of amides is 1. The lowest BCUT2D eigenvalue weighted by Crippen LogP contribution is -2.22. The molecule has 3 nitrogen and oxygen atoms in total. The third-order valence-electron chi connectivity index (χ3n) is 2.66. The lowest BCUT2D eigenvalue weighted by molar-refractivity contribution is 0.0827. The van der Waals surface area contributed by atoms with Gasteiger partial charge in [-0.25, -0.2) is 0 Å². The third-order valence-corrected chi connectivity index (χ3v) is 2.66. The van der Waals surface area contributed by atoms with E-state index in [2.05, 4.69) is 20.8 Å². The van der Waals surface area contributed by atoms with E-state index in [1.807, 2.05) is 12.1 Å². The second-order valence-electron chi connectivity index (χ2n) is 5.36. The van der Waals surface area contributed by atoms with Gasteiger partial charge in [0.25, 0.3) is 5.91 Å². The average molecular weight is 235 g/mol. The smallest absolute Gasteiger partial charge is 0.253 e. The van der Waals surface area contributed by atoms with Crippen LogP contribution in [0.4, 0.5) is 0 Å². The first-order valence-corrected chi connectivity index (χ1v) is 5.67. The highest BCUT2D eigenvalue weighted by molar-refractivity contribution is 5.94. The van der Waals surface area contributed by atoms with Crippen molar-refractivity contribution in [1.29, 1.82) is 0 Å². The van der Waals surface area contributed by atoms with Crippen molar-refractivity contribution < 1.29 is 9.53 Å². The van der Waals surface area contributed by atoms with Gasteiger partial charge in [-0.3, -0.25) is 4.79 Å². The van der Waals surface area contributed by atoms with Gasteiger partial charge in [0.15, 0.2) is 0 Å². The fraction of sp³-hybridized carbons (Fsp3) is 0.500. The molecule has 94 valence electrons. The minimum atomic E-state index is -0.0477. The van der Waals surface area contributed by atoms with Crippen LogP contribution >= 0.6 is 0 Å². The summed E-state index contributed by atoms with van der Waals surface area (Å²) in [6.07, 6.45) is 0. The van der Waals surface area contributed by atoms with E-state index in [4.69, 9.17) is 4.74 Å². The van der Waals surface area contributed by atoms with E-state index >= 15 is 0 Å². The van der Waals surface area contributed by atoms with Crippen molar-refractivity contribution >= 4 is 5.91 Å². The van der Waals surface area contributed by atoms with Gasteiger partial charge in [0.2, 0.25) is 0 Å². The summed E-state index contributed by atoms with van der Waals surface area (Å²) in [5, 5.41) is 0. The normalized spacial score (nSPS) is 11.2. The van der Waals surface area contributed by atoms with E-state index in [1.54, 1.807) is 32.2 Å². The van der Waals surface area contributed by atoms with Crippen LogP contribution in [0.25, 0.3) is 0 Å². The van der Waals surface area contributed by atoms with E-state index in [1.165, 1.54) is 0 Å². The first kappa shape index (κ1) is 13.6. The monoisotopic (exact) mass is 235 g/mol. The van der Waals surface area contributed by atoms with Crippen LogP contribution in [-0.2, 0) is 5.41 Å². The van der Waals surface area contributed by atoms with Gasteiger partial charge in [0.05, 0.1) is 7.11 Å². The van der Waals surface area contributed by atoms with Gasteiger partial charge in [-0.15, -0.1) is 0 Å². The second kappa shape index (κ2) is 4.78. The molecular formula is C14H21NO2. The van der Waals surface area contributed by atoms with Gasteiger partial charge in [0, 0.05) is 25.2 Å². The maximum atomic E-state index is 11.9. The summed E-state index contributed by atoms with van der Waals surface area (Å²) in [6, 6.07) is 5.58. The lowest BCUT2D eigenvalue weighted by Gasteiger charge is -2.23. The Balaban J connectivity index is 3.28. The number of carbonyl (C=O) groups excluding carboxylic acids is 1. The fourth-order valence-corrected chi connectivity index (χ4v) is 1.69. The SMILES string of the molecule is COc1ccc(C(=O)N(C)C)cc1C(C)(C)C. The predicted molar refractivity (Wildman–Crippen MR) is 69.7 cm³/mol. The molecule has 0 spiro atoms. The summed E-state index contributed by atoms with van der Waals surface area (Å²) in [5.41, 5.74) is 1.70. The van der Waals surface area contributed by atoms with Crippen LogP contribution in [0.1, 0.15) is 36.7 Å². The number of rotatable bonds is 2. The van der Waals surface area contributed by atoms with E-state index < -0.39 is 0 Å². The highest BCUT2D eigenvalue weighted by atomic mass is 16.5. The number of carbonyl (C=O) groups is 1. The van der Waals surface area contributed by atoms with Crippen molar-refractivity contribution in [2.24, 2.45) is 0 Å². The van der Waals surface area contributed by atoms with Gasteiger partial charge >= 0.3 is 0 Å². The minimum Gasteiger partial charge on any atom is -0.496 e. The summed E-state index contributed by atoms with van der Waals surface area (Å²) in [4.78, 5) is 13.5. The van der Waals surface area contributed by atoms with Crippen molar-refractivity contribution in [3.63, 3.8) is 0 Å². The molecule has 0 fully saturated rings. The van der Waals surface area contributed by atoms with E-state index in [0.29, 0.717) is 5.56 Å². The molecule has 3 heteroatoms. The van der Waals surface area contributed by atoms with Gasteiger partial charge < -0.3 is 9.64 Å². The maximum Gasteiger partial charge on any atom is 0.253 e. The molecule has 0 bridgehead atoms. The second-order valence-corrected chi connectivity index (χ2v) is 5.36. The van der Waals surface area contributed by atoms with Crippen molar-refractivity contribution in [3.05, 3.63) is 29.3 Å². The molecule has 0 aliphatic carbocycles. The molecule has 0 saturated heterocycles. The number of methoxy groups -OCH3 is 1. The molecule has 1 amide bonds. The van der Waals surface area contributed by atoms with E-state index in [9.17, 15) is 4.79 Å². The largest absolute Gasteiger partial charge is 0.496 e. The predicted octanol–water partition coefficient (Wildman–Crippen LogP) is 2.69. The summed E-state index contributed by atoms with van der Waals surface area (Å²) in [7, 11) is 5.16. The molecule has 17 heavy (non-hydrogen) atoms. The average Bonchev–Trinajstić information content (AvgIpc) is 2.25. The number of hydrogen-bond acceptors (Lipinski definition) is 2. The molecule has 0 aromatic heterocycles. The fourth-order valence-electron chi connectivity index (χ4n) is 1.69. The van der Waals surface area contributed by atoms with Crippen molar-refractivity contribution in [1.82, 2.24) is 4.90 Å². The van der Waals surface area contributed by atoms with Gasteiger partial charge in [-0.1, -0.05) is 20.8 Å². The Bertz CT molecular complexity index is 417. The van der Waals surface area contributed by atoms with Gasteiger partial charge in [-0.05, 0) is 23.6 Å². The molecule has 0 radical (unpaired) electrons. The molecule has 0 aliphatic rings. The van der Waals surface area contributed by atoms with Crippen molar-refractivity contribution in [2.45, 2.75) is 26.2 Å². The molecule has 0 unspecified atom stereocenters. The number of ether oxygens (including phenoxy) is 1. The topological polar surface area (TPSA) is 29.5 Å². The Morgan fingerprint density at radius 2 is 1.82 bits per heavy atom. The molecule has 0 heterocycles. The lowest BCUT2D eigenvalue weighted by atomic mass is 9.85. The maximum absolute atomic E-state index is 11.9. The van der Waals surface area contributed by atoms with Crippen LogP contribution in [0, 0.1) is 0 Å². The van der Waals surface area contributed by atoms with Crippen LogP contribution in [0.3, 0.4) is 0 Å². The summed E-state index contributed by atoms with van der Waals surface area (Å²) in [5.74, 6) is 0.839. The Morgan fingerprint density at radius 3 is 2.24 bits per heavy atom. The molecule has 1 rings (SSSR count). The van der Waals surface area contributed by atoms with Crippen molar-refractivity contribution in [3.8, 4) is 5.75 Å². The van der Waals surface area contributed by atoms with E-state index in [0.717, 1.165) is 11.3 Å². The Morgan fingerprint density at radius 1 is 1.24 bits per heavy atom. The highest BCUT2D eigenvalue weighted by Crippen LogP contribution is 2.32. The molecule has 0 N–H and O–H groups in total. The summed E-state index contributed by atoms with van der Waals surface area (Å²) < 4.78 is 5.34. The van der Waals surface area contributed by atoms with Gasteiger partial charge in [-0.2, -0.15) is 0 Å². The minimum absolute atomic E-state index is 0.0122. The highest BCUT2D eigenvalue weighted by Gasteiger charge is 2.21. The van der Waals surface area contributed by atoms with Crippen LogP contribution in [-0.4, -0.2) is 32.0 Å². The number of hydrogen-bond donors (Lipinski definition) is 0. The first-order chi connectivity index (χ1) is 7.77. The Labute approximate surface area is 103 Å². The quantitative estimate of drug-likeness (QED) is 0.788. The zero-order chi connectivity index (χ0) is 13.2. The standard InChI is InChI=1S/C14H21NO2/c1-14(2,3)11-9-10(13(16)15(4)5)7-8-12(11)17-6/h7-9H,1-6H3. The number of nitrogens with zero attached hydrogens (tertiary/aromatic N) is 1. The molecule has 0 atom stereocenters. The third kappa shape index (κ3) is 2.99. The molecule has 1 aromatic carbocycles. The summed E-state index contributed by atoms with van der Waals surface area (Å²) in [6.45, 7) is 6.32. The van der Waals surface area contributed by atoms with Crippen LogP contribution in [0.2, 0.25) is 0 Å². The molecule has 1 aromatic rings. The Hall–Kier alpha value is -1.51. The molecular weight excluding hydrogens is 214 g/mol. The van der Waals surface area contributed by atoms with Crippen molar-refractivity contribution in [2.75, 3.05) is 21.2 Å². The zero-order valence-electron chi connectivity index (χ0n) is 11.5. The summed E-state index contributed by atoms with van der Waals surface area (Å²) >= 11 is 0. The van der Waals surface area contributed by atoms with Crippen LogP contribution < -0.4 is 4.74 Å². The molecule has 0 saturated carbocycles. The van der Waals surface area contributed by atoms with Crippen LogP contribution in [0.15, 0.2) is 18.2 Å². The van der Waals surface area contributed by atoms with Gasteiger partial charge in [0.1, 0.15) is 5.75 Å². The Kier molecular flexibility index (Phi) is 3.81. The van der Waals surface area contributed by atoms with Crippen LogP contribution in [0.5, 0.6) is 5.75 Å².